The molecule has 5 rings (SSSR count). The van der Waals surface area contributed by atoms with E-state index in [-0.39, 0.29) is 5.95 Å². The summed E-state index contributed by atoms with van der Waals surface area (Å²) in [7, 11) is -2.36. The molecule has 1 unspecified atom stereocenters. The van der Waals surface area contributed by atoms with Crippen molar-refractivity contribution in [2.24, 2.45) is 0 Å². The maximum Gasteiger partial charge on any atom is 0.220 e. The molecule has 3 heterocycles. The van der Waals surface area contributed by atoms with Gasteiger partial charge in [0.2, 0.25) is 14.3 Å². The van der Waals surface area contributed by atoms with E-state index in [0.717, 1.165) is 57.8 Å². The Balaban J connectivity index is 1.65. The number of aromatic nitrogens is 5. The first-order chi connectivity index (χ1) is 20.9. The van der Waals surface area contributed by atoms with Crippen LogP contribution < -0.4 is 5.73 Å². The molecular formula is C36H48N6OSi. The van der Waals surface area contributed by atoms with Gasteiger partial charge in [-0.2, -0.15) is 5.10 Å². The van der Waals surface area contributed by atoms with E-state index in [1.165, 1.54) is 0 Å². The Morgan fingerprint density at radius 3 is 2.18 bits per heavy atom. The molecule has 0 aliphatic heterocycles. The van der Waals surface area contributed by atoms with Gasteiger partial charge in [-0.15, -0.1) is 0 Å². The Bertz CT molecular complexity index is 1620. The van der Waals surface area contributed by atoms with Crippen LogP contribution >= 0.6 is 0 Å². The van der Waals surface area contributed by atoms with Crippen molar-refractivity contribution in [1.29, 1.82) is 0 Å². The van der Waals surface area contributed by atoms with Crippen molar-refractivity contribution in [1.82, 2.24) is 24.7 Å². The quantitative estimate of drug-likeness (QED) is 0.171. The van der Waals surface area contributed by atoms with Gasteiger partial charge in [-0.1, -0.05) is 84.9 Å². The second-order valence-corrected chi connectivity index (χ2v) is 18.7. The summed E-state index contributed by atoms with van der Waals surface area (Å²) in [5, 5.41) is 4.54. The summed E-state index contributed by atoms with van der Waals surface area (Å²) in [6, 6.07) is 15.2. The van der Waals surface area contributed by atoms with Gasteiger partial charge in [-0.3, -0.25) is 9.67 Å². The Morgan fingerprint density at radius 1 is 0.909 bits per heavy atom. The van der Waals surface area contributed by atoms with E-state index in [4.69, 9.17) is 25.1 Å². The summed E-state index contributed by atoms with van der Waals surface area (Å²) in [6.07, 6.45) is 9.59. The highest BCUT2D eigenvalue weighted by Crippen LogP contribution is 2.50. The lowest BCUT2D eigenvalue weighted by Gasteiger charge is -2.49. The minimum Gasteiger partial charge on any atom is -0.401 e. The standard InChI is InChI=1S/C36H48N6OSi/c1-10-36(29-14-12-11-13-15-29,43-44(24(4)5,25(6)7)26(8)9)34-19-33(40-35(37)41-34)30-16-17-32-31(30)18-27(20-38-32)28-21-39-42(22-28)23(2)3/h11-16,18-26H,10,17H2,1-9H3,(H2,37,40,41). The molecule has 1 atom stereocenters. The number of nitrogen functional groups attached to an aromatic ring is 1. The molecule has 1 aliphatic carbocycles. The Kier molecular flexibility index (Phi) is 8.96. The summed E-state index contributed by atoms with van der Waals surface area (Å²) in [4.78, 5) is 14.6. The minimum absolute atomic E-state index is 0.248. The van der Waals surface area contributed by atoms with Gasteiger partial charge < -0.3 is 10.2 Å². The lowest BCUT2D eigenvalue weighted by atomic mass is 9.87. The van der Waals surface area contributed by atoms with Crippen LogP contribution in [0, 0.1) is 0 Å². The lowest BCUT2D eigenvalue weighted by molar-refractivity contribution is 0.0780. The SMILES string of the molecule is CCC(O[Si](C(C)C)(C(C)C)C(C)C)(c1ccccc1)c1cc(C2=CCc3ncc(-c4cnn(C(C)C)c4)cc32)nc(N)n1. The predicted octanol–water partition coefficient (Wildman–Crippen LogP) is 8.73. The molecule has 2 N–H and O–H groups in total. The van der Waals surface area contributed by atoms with Gasteiger partial charge in [0, 0.05) is 47.1 Å². The predicted molar refractivity (Wildman–Crippen MR) is 183 cm³/mol. The van der Waals surface area contributed by atoms with Crippen LogP contribution in [0.5, 0.6) is 0 Å². The number of nitrogens with zero attached hydrogens (tertiary/aromatic N) is 5. The first-order valence-corrected chi connectivity index (χ1v) is 18.2. The molecule has 1 aliphatic rings. The molecule has 0 bridgehead atoms. The molecule has 232 valence electrons. The highest BCUT2D eigenvalue weighted by Gasteiger charge is 2.52. The second-order valence-electron chi connectivity index (χ2n) is 13.3. The zero-order valence-corrected chi connectivity index (χ0v) is 28.8. The molecule has 0 saturated carbocycles. The Morgan fingerprint density at radius 2 is 1.59 bits per heavy atom. The number of allylic oxidation sites excluding steroid dienone is 1. The van der Waals surface area contributed by atoms with Crippen molar-refractivity contribution in [2.45, 2.75) is 103 Å². The number of hydrogen-bond donors (Lipinski definition) is 1. The molecule has 3 aromatic heterocycles. The van der Waals surface area contributed by atoms with Crippen LogP contribution in [0.15, 0.2) is 67.1 Å². The fraction of sp³-hybridized carbons (Fsp3) is 0.444. The molecule has 0 radical (unpaired) electrons. The van der Waals surface area contributed by atoms with Crippen LogP contribution in [-0.2, 0) is 16.4 Å². The van der Waals surface area contributed by atoms with Gasteiger partial charge in [-0.25, -0.2) is 9.97 Å². The topological polar surface area (TPSA) is 91.7 Å². The van der Waals surface area contributed by atoms with Crippen LogP contribution in [0.3, 0.4) is 0 Å². The first kappa shape index (κ1) is 31.8. The molecule has 0 spiro atoms. The Labute approximate surface area is 264 Å². The van der Waals surface area contributed by atoms with Crippen molar-refractivity contribution in [3.8, 4) is 11.1 Å². The normalized spacial score (nSPS) is 14.9. The van der Waals surface area contributed by atoms with E-state index in [1.807, 2.05) is 17.1 Å². The van der Waals surface area contributed by atoms with E-state index in [1.54, 1.807) is 0 Å². The fourth-order valence-electron chi connectivity index (χ4n) is 7.26. The molecule has 0 fully saturated rings. The van der Waals surface area contributed by atoms with Crippen LogP contribution in [0.2, 0.25) is 16.6 Å². The van der Waals surface area contributed by atoms with Crippen LogP contribution in [0.4, 0.5) is 5.95 Å². The van der Waals surface area contributed by atoms with E-state index in [2.05, 4.69) is 122 Å². The maximum absolute atomic E-state index is 7.72. The fourth-order valence-corrected chi connectivity index (χ4v) is 12.9. The molecular weight excluding hydrogens is 561 g/mol. The van der Waals surface area contributed by atoms with E-state index >= 15 is 0 Å². The third kappa shape index (κ3) is 5.54. The smallest absolute Gasteiger partial charge is 0.220 e. The number of hydrogen-bond acceptors (Lipinski definition) is 6. The van der Waals surface area contributed by atoms with Gasteiger partial charge in [0.15, 0.2) is 0 Å². The maximum atomic E-state index is 7.72. The molecule has 0 amide bonds. The molecule has 8 heteroatoms. The second kappa shape index (κ2) is 12.4. The summed E-state index contributed by atoms with van der Waals surface area (Å²) in [5.41, 5.74) is 14.9. The molecule has 44 heavy (non-hydrogen) atoms. The van der Waals surface area contributed by atoms with E-state index in [9.17, 15) is 0 Å². The van der Waals surface area contributed by atoms with Crippen molar-refractivity contribution >= 4 is 19.8 Å². The van der Waals surface area contributed by atoms with Crippen molar-refractivity contribution < 1.29 is 4.43 Å². The number of fused-ring (bicyclic) bond motifs is 1. The lowest BCUT2D eigenvalue weighted by Crippen LogP contribution is -2.54. The minimum atomic E-state index is -2.36. The third-order valence-electron chi connectivity index (χ3n) is 9.45. The largest absolute Gasteiger partial charge is 0.401 e. The van der Waals surface area contributed by atoms with Gasteiger partial charge in [0.25, 0.3) is 0 Å². The van der Waals surface area contributed by atoms with Crippen LogP contribution in [0.25, 0.3) is 16.7 Å². The monoisotopic (exact) mass is 608 g/mol. The molecule has 4 aromatic rings. The zero-order chi connectivity index (χ0) is 31.8. The van der Waals surface area contributed by atoms with Crippen molar-refractivity contribution in [3.63, 3.8) is 0 Å². The number of rotatable bonds is 11. The van der Waals surface area contributed by atoms with E-state index in [0.29, 0.717) is 22.7 Å². The summed E-state index contributed by atoms with van der Waals surface area (Å²) < 4.78 is 9.70. The number of anilines is 1. The van der Waals surface area contributed by atoms with Crippen LogP contribution in [-0.4, -0.2) is 33.0 Å². The summed E-state index contributed by atoms with van der Waals surface area (Å²) in [5.74, 6) is 0.248. The first-order valence-electron chi connectivity index (χ1n) is 16.1. The highest BCUT2D eigenvalue weighted by molar-refractivity contribution is 6.77. The highest BCUT2D eigenvalue weighted by atomic mass is 28.4. The molecule has 7 nitrogen and oxygen atoms in total. The summed E-state index contributed by atoms with van der Waals surface area (Å²) >= 11 is 0. The molecule has 0 saturated heterocycles. The van der Waals surface area contributed by atoms with Crippen LogP contribution in [0.1, 0.15) is 103 Å². The molecule has 1 aromatic carbocycles. The van der Waals surface area contributed by atoms with Crippen molar-refractivity contribution in [2.75, 3.05) is 5.73 Å². The average Bonchev–Trinajstić information content (AvgIpc) is 3.65. The number of nitrogens with two attached hydrogens (primary N) is 1. The average molecular weight is 609 g/mol. The number of benzene rings is 1. The number of pyridine rings is 1. The van der Waals surface area contributed by atoms with E-state index < -0.39 is 13.9 Å². The third-order valence-corrected chi connectivity index (χ3v) is 15.6. The van der Waals surface area contributed by atoms with Gasteiger partial charge in [-0.05, 0) is 54.6 Å². The Hall–Kier alpha value is -3.62. The van der Waals surface area contributed by atoms with Gasteiger partial charge >= 0.3 is 0 Å². The zero-order valence-electron chi connectivity index (χ0n) is 27.8. The summed E-state index contributed by atoms with van der Waals surface area (Å²) in [6.45, 7) is 20.4. The van der Waals surface area contributed by atoms with Gasteiger partial charge in [0.05, 0.1) is 23.3 Å². The van der Waals surface area contributed by atoms with Gasteiger partial charge in [0.1, 0.15) is 5.60 Å². The van der Waals surface area contributed by atoms with Crippen molar-refractivity contribution in [3.05, 3.63) is 95.3 Å².